The predicted octanol–water partition coefficient (Wildman–Crippen LogP) is 9.33. The molecule has 0 aliphatic carbocycles. The summed E-state index contributed by atoms with van der Waals surface area (Å²) < 4.78 is 65.7. The quantitative estimate of drug-likeness (QED) is 0.0692. The van der Waals surface area contributed by atoms with Crippen molar-refractivity contribution >= 4 is 20.2 Å². The summed E-state index contributed by atoms with van der Waals surface area (Å²) in [5.74, 6) is 0. The second-order valence-corrected chi connectivity index (χ2v) is 14.1. The maximum Gasteiger partial charge on any atom is 2.00 e. The smallest absolute Gasteiger partial charge is 0.744 e. The zero-order chi connectivity index (χ0) is 31.1. The summed E-state index contributed by atoms with van der Waals surface area (Å²) in [6, 6.07) is 12.8. The normalized spacial score (nSPS) is 11.4. The maximum absolute atomic E-state index is 11.0. The summed E-state index contributed by atoms with van der Waals surface area (Å²) in [5.41, 5.74) is 1.88. The van der Waals surface area contributed by atoms with Crippen LogP contribution in [0.4, 0.5) is 0 Å². The molecule has 0 heterocycles. The van der Waals surface area contributed by atoms with Crippen LogP contribution < -0.4 is 0 Å². The zero-order valence-corrected chi connectivity index (χ0v) is 31.3. The molecule has 0 bridgehead atoms. The molecule has 240 valence electrons. The summed E-state index contributed by atoms with van der Waals surface area (Å²) >= 11 is 0. The Bertz CT molecular complexity index is 1090. The Morgan fingerprint density at radius 2 is 0.744 bits per heavy atom. The molecule has 0 saturated heterocycles. The van der Waals surface area contributed by atoms with E-state index in [1.807, 2.05) is 12.1 Å². The molecule has 0 fully saturated rings. The van der Waals surface area contributed by atoms with Crippen LogP contribution in [0.25, 0.3) is 0 Å². The van der Waals surface area contributed by atoms with Crippen molar-refractivity contribution in [3.63, 3.8) is 0 Å². The van der Waals surface area contributed by atoms with Crippen molar-refractivity contribution in [1.29, 1.82) is 0 Å². The van der Waals surface area contributed by atoms with Gasteiger partial charge in [-0.3, -0.25) is 0 Å². The van der Waals surface area contributed by atoms with E-state index in [-0.39, 0.29) is 29.3 Å². The van der Waals surface area contributed by atoms with Crippen LogP contribution in [0, 0.1) is 0 Å². The Morgan fingerprint density at radius 3 is 1.02 bits per heavy atom. The van der Waals surface area contributed by atoms with E-state index in [0.717, 1.165) is 36.8 Å². The second-order valence-electron chi connectivity index (χ2n) is 11.4. The van der Waals surface area contributed by atoms with E-state index in [2.05, 4.69) is 13.8 Å². The number of unbranched alkanes of at least 4 members (excludes halogenated alkanes) is 16. The molecule has 0 aliphatic heterocycles. The van der Waals surface area contributed by atoms with Gasteiger partial charge in [0, 0.05) is 0 Å². The molecule has 0 N–H and O–H groups in total. The average molecular weight is 688 g/mol. The molecule has 0 spiro atoms. The van der Waals surface area contributed by atoms with Crippen molar-refractivity contribution in [2.75, 3.05) is 0 Å². The minimum atomic E-state index is -4.33. The summed E-state index contributed by atoms with van der Waals surface area (Å²) in [7, 11) is -8.65. The molecule has 0 aromatic heterocycles. The Labute approximate surface area is 276 Å². The van der Waals surface area contributed by atoms with E-state index in [9.17, 15) is 25.9 Å². The summed E-state index contributed by atoms with van der Waals surface area (Å²) in [4.78, 5) is -0.230. The average Bonchev–Trinajstić information content (AvgIpc) is 2.95. The first-order valence-corrected chi connectivity index (χ1v) is 19.0. The minimum absolute atomic E-state index is 0. The monoisotopic (exact) mass is 686 g/mol. The molecule has 43 heavy (non-hydrogen) atoms. The van der Waals surface area contributed by atoms with E-state index in [1.165, 1.54) is 127 Å². The maximum atomic E-state index is 11.0. The third kappa shape index (κ3) is 22.1. The van der Waals surface area contributed by atoms with Crippen LogP contribution in [0.15, 0.2) is 58.3 Å². The Hall–Kier alpha value is -1.12. The third-order valence-corrected chi connectivity index (χ3v) is 9.17. The van der Waals surface area contributed by atoms with Crippen molar-refractivity contribution in [2.45, 2.75) is 152 Å². The predicted molar refractivity (Wildman–Crippen MR) is 171 cm³/mol. The fourth-order valence-electron chi connectivity index (χ4n) is 4.99. The van der Waals surface area contributed by atoms with Gasteiger partial charge in [0.1, 0.15) is 20.2 Å². The standard InChI is InChI=1S/2C17H28O3S.Zn/c2*1-2-3-4-5-6-7-8-9-10-12-16-13-11-14-17(15-16)21(18,19)20;/h2*11,13-15H,2-10,12H2,1H3,(H,18,19,20);/q;;+2/p-2. The Morgan fingerprint density at radius 1 is 0.465 bits per heavy atom. The molecule has 0 amide bonds. The van der Waals surface area contributed by atoms with Crippen LogP contribution in [0.3, 0.4) is 0 Å². The van der Waals surface area contributed by atoms with Gasteiger partial charge >= 0.3 is 19.5 Å². The molecular formula is C34H54O6S2Zn. The first-order valence-electron chi connectivity index (χ1n) is 16.2. The van der Waals surface area contributed by atoms with Crippen LogP contribution in [0.5, 0.6) is 0 Å². The van der Waals surface area contributed by atoms with Gasteiger partial charge in [-0.25, -0.2) is 16.8 Å². The second kappa shape index (κ2) is 25.1. The molecule has 0 radical (unpaired) electrons. The van der Waals surface area contributed by atoms with Crippen LogP contribution in [-0.2, 0) is 52.6 Å². The SMILES string of the molecule is CCCCCCCCCCCc1cccc(S(=O)(=O)[O-])c1.CCCCCCCCCCCc1cccc(S(=O)(=O)[O-])c1.[Zn+2]. The molecule has 2 aromatic rings. The molecule has 0 unspecified atom stereocenters. The number of benzene rings is 2. The van der Waals surface area contributed by atoms with Gasteiger partial charge in [0.05, 0.1) is 9.79 Å². The van der Waals surface area contributed by atoms with Gasteiger partial charge < -0.3 is 9.11 Å². The molecular weight excluding hydrogens is 634 g/mol. The van der Waals surface area contributed by atoms with Gasteiger partial charge in [-0.15, -0.1) is 0 Å². The zero-order valence-electron chi connectivity index (χ0n) is 26.7. The molecule has 0 saturated carbocycles. The summed E-state index contributed by atoms with van der Waals surface area (Å²) in [5, 5.41) is 0. The van der Waals surface area contributed by atoms with Crippen molar-refractivity contribution in [1.82, 2.24) is 0 Å². The molecule has 9 heteroatoms. The van der Waals surface area contributed by atoms with Crippen LogP contribution >= 0.6 is 0 Å². The number of aryl methyl sites for hydroxylation is 2. The topological polar surface area (TPSA) is 114 Å². The minimum Gasteiger partial charge on any atom is -0.744 e. The fourth-order valence-corrected chi connectivity index (χ4v) is 6.07. The third-order valence-electron chi connectivity index (χ3n) is 7.51. The van der Waals surface area contributed by atoms with Gasteiger partial charge in [-0.1, -0.05) is 141 Å². The van der Waals surface area contributed by atoms with E-state index in [0.29, 0.717) is 0 Å². The summed E-state index contributed by atoms with van der Waals surface area (Å²) in [6.45, 7) is 4.46. The van der Waals surface area contributed by atoms with E-state index in [4.69, 9.17) is 0 Å². The van der Waals surface area contributed by atoms with E-state index >= 15 is 0 Å². The van der Waals surface area contributed by atoms with Crippen LogP contribution in [0.1, 0.15) is 141 Å². The van der Waals surface area contributed by atoms with Crippen LogP contribution in [0.2, 0.25) is 0 Å². The van der Waals surface area contributed by atoms with Crippen molar-refractivity contribution in [3.05, 3.63) is 59.7 Å². The van der Waals surface area contributed by atoms with Crippen molar-refractivity contribution < 1.29 is 45.4 Å². The first kappa shape index (κ1) is 41.9. The van der Waals surface area contributed by atoms with Gasteiger partial charge in [0.25, 0.3) is 0 Å². The van der Waals surface area contributed by atoms with Crippen molar-refractivity contribution in [2.24, 2.45) is 0 Å². The number of rotatable bonds is 22. The van der Waals surface area contributed by atoms with Gasteiger partial charge in [0.2, 0.25) is 0 Å². The molecule has 2 rings (SSSR count). The Kier molecular flexibility index (Phi) is 24.5. The van der Waals surface area contributed by atoms with Crippen molar-refractivity contribution in [3.8, 4) is 0 Å². The molecule has 6 nitrogen and oxygen atoms in total. The van der Waals surface area contributed by atoms with Gasteiger partial charge in [-0.2, -0.15) is 0 Å². The fraction of sp³-hybridized carbons (Fsp3) is 0.647. The van der Waals surface area contributed by atoms with Crippen LogP contribution in [-0.4, -0.2) is 25.9 Å². The van der Waals surface area contributed by atoms with Gasteiger partial charge in [0.15, 0.2) is 0 Å². The Balaban J connectivity index is 0.000000802. The first-order chi connectivity index (χ1) is 20.1. The summed E-state index contributed by atoms with van der Waals surface area (Å²) in [6.07, 6.45) is 24.5. The van der Waals surface area contributed by atoms with E-state index < -0.39 is 20.2 Å². The molecule has 2 aromatic carbocycles. The largest absolute Gasteiger partial charge is 2.00 e. The molecule has 0 aliphatic rings. The van der Waals surface area contributed by atoms with Gasteiger partial charge in [-0.05, 0) is 61.1 Å². The number of hydrogen-bond acceptors (Lipinski definition) is 6. The number of hydrogen-bond donors (Lipinski definition) is 0. The van der Waals surface area contributed by atoms with E-state index in [1.54, 1.807) is 12.1 Å². The molecule has 0 atom stereocenters.